The highest BCUT2D eigenvalue weighted by atomic mass is 16.1. The van der Waals surface area contributed by atoms with Crippen LogP contribution in [0.4, 0.5) is 0 Å². The molecular formula is C17H27NO. The summed E-state index contributed by atoms with van der Waals surface area (Å²) in [5, 5.41) is 0. The molecule has 0 saturated carbocycles. The average Bonchev–Trinajstić information content (AvgIpc) is 2.33. The molecule has 0 aromatic heterocycles. The van der Waals surface area contributed by atoms with Crippen LogP contribution in [0.25, 0.3) is 0 Å². The number of nitrogens with two attached hydrogens (primary N) is 1. The lowest BCUT2D eigenvalue weighted by Gasteiger charge is -2.15. The van der Waals surface area contributed by atoms with Gasteiger partial charge in [-0.15, -0.1) is 0 Å². The average molecular weight is 261 g/mol. The van der Waals surface area contributed by atoms with E-state index < -0.39 is 0 Å². The minimum atomic E-state index is -0.301. The summed E-state index contributed by atoms with van der Waals surface area (Å²) in [6, 6.07) is 5.95. The van der Waals surface area contributed by atoms with Crippen LogP contribution in [0.1, 0.15) is 62.0 Å². The Bertz CT molecular complexity index is 421. The number of carbonyl (C=O) groups is 1. The van der Waals surface area contributed by atoms with Crippen LogP contribution in [0.5, 0.6) is 0 Å². The first-order valence-electron chi connectivity index (χ1n) is 7.32. The van der Waals surface area contributed by atoms with Crippen LogP contribution in [0, 0.1) is 11.8 Å². The fourth-order valence-corrected chi connectivity index (χ4v) is 2.27. The molecule has 2 nitrogen and oxygen atoms in total. The lowest BCUT2D eigenvalue weighted by atomic mass is 9.90. The normalized spacial score (nSPS) is 11.3. The predicted molar refractivity (Wildman–Crippen MR) is 81.3 cm³/mol. The first-order chi connectivity index (χ1) is 8.91. The summed E-state index contributed by atoms with van der Waals surface area (Å²) in [5.41, 5.74) is 8.68. The molecule has 0 unspecified atom stereocenters. The molecule has 2 heteroatoms. The van der Waals surface area contributed by atoms with Crippen LogP contribution in [-0.4, -0.2) is 5.91 Å². The molecule has 0 heterocycles. The summed E-state index contributed by atoms with van der Waals surface area (Å²) in [6.45, 7) is 8.87. The van der Waals surface area contributed by atoms with Gasteiger partial charge < -0.3 is 5.73 Å². The van der Waals surface area contributed by atoms with E-state index in [1.165, 1.54) is 11.1 Å². The summed E-state index contributed by atoms with van der Waals surface area (Å²) in [4.78, 5) is 11.6. The predicted octanol–water partition coefficient (Wildman–Crippen LogP) is 3.96. The van der Waals surface area contributed by atoms with Gasteiger partial charge in [0.2, 0.25) is 5.91 Å². The highest BCUT2D eigenvalue weighted by Gasteiger charge is 2.13. The van der Waals surface area contributed by atoms with Gasteiger partial charge in [-0.05, 0) is 54.7 Å². The topological polar surface area (TPSA) is 43.1 Å². The van der Waals surface area contributed by atoms with Crippen LogP contribution >= 0.6 is 0 Å². The number of benzene rings is 1. The second kappa shape index (κ2) is 7.32. The Balaban J connectivity index is 2.99. The summed E-state index contributed by atoms with van der Waals surface area (Å²) in [6.07, 6.45) is 4.23. The Morgan fingerprint density at radius 2 is 1.63 bits per heavy atom. The lowest BCUT2D eigenvalue weighted by Crippen LogP contribution is -2.15. The van der Waals surface area contributed by atoms with Crippen molar-refractivity contribution in [3.05, 3.63) is 34.9 Å². The van der Waals surface area contributed by atoms with Gasteiger partial charge in [0.1, 0.15) is 0 Å². The number of amides is 1. The Morgan fingerprint density at radius 1 is 1.05 bits per heavy atom. The number of aryl methyl sites for hydroxylation is 1. The molecule has 0 atom stereocenters. The number of carbonyl (C=O) groups excluding carboxylic acids is 1. The van der Waals surface area contributed by atoms with Crippen molar-refractivity contribution in [3.8, 4) is 0 Å². The largest absolute Gasteiger partial charge is 0.366 e. The molecule has 0 aliphatic carbocycles. The molecule has 0 bridgehead atoms. The minimum Gasteiger partial charge on any atom is -0.366 e. The van der Waals surface area contributed by atoms with E-state index >= 15 is 0 Å². The van der Waals surface area contributed by atoms with Gasteiger partial charge in [-0.3, -0.25) is 4.79 Å². The van der Waals surface area contributed by atoms with E-state index in [1.54, 1.807) is 0 Å². The van der Waals surface area contributed by atoms with Gasteiger partial charge in [-0.2, -0.15) is 0 Å². The smallest absolute Gasteiger partial charge is 0.248 e. The van der Waals surface area contributed by atoms with E-state index in [1.807, 2.05) is 12.1 Å². The fraction of sp³-hybridized carbons (Fsp3) is 0.588. The van der Waals surface area contributed by atoms with Crippen molar-refractivity contribution in [1.82, 2.24) is 0 Å². The Kier molecular flexibility index (Phi) is 6.07. The van der Waals surface area contributed by atoms with Crippen LogP contribution in [0.3, 0.4) is 0 Å². The van der Waals surface area contributed by atoms with Gasteiger partial charge in [0.25, 0.3) is 0 Å². The summed E-state index contributed by atoms with van der Waals surface area (Å²) < 4.78 is 0. The van der Waals surface area contributed by atoms with Crippen LogP contribution < -0.4 is 5.73 Å². The van der Waals surface area contributed by atoms with Gasteiger partial charge in [0.05, 0.1) is 0 Å². The molecule has 1 aromatic carbocycles. The van der Waals surface area contributed by atoms with Crippen molar-refractivity contribution in [3.63, 3.8) is 0 Å². The van der Waals surface area contributed by atoms with Crippen molar-refractivity contribution in [2.45, 2.75) is 53.4 Å². The van der Waals surface area contributed by atoms with Gasteiger partial charge in [0.15, 0.2) is 0 Å². The Labute approximate surface area is 117 Å². The molecule has 0 aliphatic rings. The maximum Gasteiger partial charge on any atom is 0.248 e. The van der Waals surface area contributed by atoms with Gasteiger partial charge in [0, 0.05) is 5.56 Å². The number of hydrogen-bond donors (Lipinski definition) is 1. The third kappa shape index (κ3) is 5.06. The zero-order valence-corrected chi connectivity index (χ0v) is 12.7. The van der Waals surface area contributed by atoms with Gasteiger partial charge in [-0.1, -0.05) is 39.8 Å². The molecule has 0 fully saturated rings. The molecule has 1 rings (SSSR count). The highest BCUT2D eigenvalue weighted by molar-refractivity contribution is 5.94. The molecule has 0 aliphatic heterocycles. The maximum absolute atomic E-state index is 11.6. The second-order valence-corrected chi connectivity index (χ2v) is 6.17. The third-order valence-corrected chi connectivity index (χ3v) is 3.50. The number of primary amides is 1. The van der Waals surface area contributed by atoms with E-state index in [2.05, 4.69) is 33.8 Å². The molecular weight excluding hydrogens is 234 g/mol. The van der Waals surface area contributed by atoms with Crippen molar-refractivity contribution in [2.24, 2.45) is 17.6 Å². The standard InChI is InChI=1S/C17H27NO/c1-12(2)8-10-14-6-5-7-16(17(18)19)15(14)11-9-13(3)4/h5-7,12-13H,8-11H2,1-4H3,(H2,18,19). The van der Waals surface area contributed by atoms with Gasteiger partial charge in [-0.25, -0.2) is 0 Å². The van der Waals surface area contributed by atoms with E-state index in [9.17, 15) is 4.79 Å². The van der Waals surface area contributed by atoms with Crippen molar-refractivity contribution < 1.29 is 4.79 Å². The van der Waals surface area contributed by atoms with Crippen molar-refractivity contribution in [2.75, 3.05) is 0 Å². The molecule has 19 heavy (non-hydrogen) atoms. The molecule has 2 N–H and O–H groups in total. The van der Waals surface area contributed by atoms with Crippen LogP contribution in [0.2, 0.25) is 0 Å². The molecule has 0 saturated heterocycles. The fourth-order valence-electron chi connectivity index (χ4n) is 2.27. The third-order valence-electron chi connectivity index (χ3n) is 3.50. The summed E-state index contributed by atoms with van der Waals surface area (Å²) >= 11 is 0. The maximum atomic E-state index is 11.6. The Morgan fingerprint density at radius 3 is 2.16 bits per heavy atom. The Hall–Kier alpha value is -1.31. The zero-order valence-electron chi connectivity index (χ0n) is 12.7. The van der Waals surface area contributed by atoms with E-state index in [0.29, 0.717) is 17.4 Å². The molecule has 1 aromatic rings. The molecule has 0 spiro atoms. The van der Waals surface area contributed by atoms with E-state index in [-0.39, 0.29) is 5.91 Å². The first-order valence-corrected chi connectivity index (χ1v) is 7.32. The SMILES string of the molecule is CC(C)CCc1cccc(C(N)=O)c1CCC(C)C. The molecule has 106 valence electrons. The van der Waals surface area contributed by atoms with E-state index in [4.69, 9.17) is 5.73 Å². The highest BCUT2D eigenvalue weighted by Crippen LogP contribution is 2.21. The summed E-state index contributed by atoms with van der Waals surface area (Å²) in [5.74, 6) is 1.01. The second-order valence-electron chi connectivity index (χ2n) is 6.17. The number of hydrogen-bond acceptors (Lipinski definition) is 1. The summed E-state index contributed by atoms with van der Waals surface area (Å²) in [7, 11) is 0. The van der Waals surface area contributed by atoms with E-state index in [0.717, 1.165) is 25.7 Å². The lowest BCUT2D eigenvalue weighted by molar-refractivity contribution is 0.0999. The van der Waals surface area contributed by atoms with Crippen LogP contribution in [0.15, 0.2) is 18.2 Å². The van der Waals surface area contributed by atoms with Crippen molar-refractivity contribution in [1.29, 1.82) is 0 Å². The van der Waals surface area contributed by atoms with Crippen LogP contribution in [-0.2, 0) is 12.8 Å². The van der Waals surface area contributed by atoms with Gasteiger partial charge >= 0.3 is 0 Å². The quantitative estimate of drug-likeness (QED) is 0.793. The minimum absolute atomic E-state index is 0.301. The molecule has 0 radical (unpaired) electrons. The molecule has 1 amide bonds. The van der Waals surface area contributed by atoms with Crippen molar-refractivity contribution >= 4 is 5.91 Å². The first kappa shape index (κ1) is 15.7. The number of rotatable bonds is 7. The zero-order chi connectivity index (χ0) is 14.4. The monoisotopic (exact) mass is 261 g/mol.